The summed E-state index contributed by atoms with van der Waals surface area (Å²) in [5.74, 6) is 5.56. The van der Waals surface area contributed by atoms with Gasteiger partial charge in [-0.1, -0.05) is 0 Å². The number of sulfone groups is 2. The van der Waals surface area contributed by atoms with Gasteiger partial charge in [0, 0.05) is 12.3 Å². The molecule has 6 nitrogen and oxygen atoms in total. The van der Waals surface area contributed by atoms with Crippen LogP contribution >= 0.6 is 0 Å². The molecule has 0 bridgehead atoms. The molecule has 1 heterocycles. The highest BCUT2D eigenvalue weighted by molar-refractivity contribution is 7.91. The summed E-state index contributed by atoms with van der Waals surface area (Å²) in [6.07, 6.45) is 2.07. The van der Waals surface area contributed by atoms with Gasteiger partial charge in [0.05, 0.1) is 17.3 Å². The second-order valence-corrected chi connectivity index (χ2v) is 8.84. The van der Waals surface area contributed by atoms with Crippen molar-refractivity contribution in [2.45, 2.75) is 18.9 Å². The lowest BCUT2D eigenvalue weighted by molar-refractivity contribution is 0.378. The van der Waals surface area contributed by atoms with Gasteiger partial charge in [-0.3, -0.25) is 11.3 Å². The normalized spacial score (nSPS) is 26.8. The molecule has 0 spiro atoms. The molecule has 0 aromatic rings. The quantitative estimate of drug-likeness (QED) is 0.474. The molecule has 2 unspecified atom stereocenters. The largest absolute Gasteiger partial charge is 0.271 e. The third kappa shape index (κ3) is 4.36. The standard InChI is InChI=1S/C8H18N2O4S2/c1-15(11,12)4-3-8(10-9)7-2-5-16(13,14)6-7/h7-8,10H,2-6,9H2,1H3. The van der Waals surface area contributed by atoms with E-state index in [4.69, 9.17) is 5.84 Å². The lowest BCUT2D eigenvalue weighted by Crippen LogP contribution is -2.42. The zero-order valence-electron chi connectivity index (χ0n) is 9.22. The fraction of sp³-hybridized carbons (Fsp3) is 1.00. The van der Waals surface area contributed by atoms with Crippen LogP contribution in [0.2, 0.25) is 0 Å². The van der Waals surface area contributed by atoms with Gasteiger partial charge >= 0.3 is 0 Å². The Hall–Kier alpha value is -0.180. The summed E-state index contributed by atoms with van der Waals surface area (Å²) in [4.78, 5) is 0. The number of nitrogens with two attached hydrogens (primary N) is 1. The molecule has 96 valence electrons. The van der Waals surface area contributed by atoms with Crippen molar-refractivity contribution in [3.63, 3.8) is 0 Å². The van der Waals surface area contributed by atoms with E-state index in [1.165, 1.54) is 0 Å². The van der Waals surface area contributed by atoms with E-state index in [9.17, 15) is 16.8 Å². The van der Waals surface area contributed by atoms with Crippen LogP contribution in [0, 0.1) is 5.92 Å². The lowest BCUT2D eigenvalue weighted by atomic mass is 9.98. The van der Waals surface area contributed by atoms with Crippen molar-refractivity contribution in [3.8, 4) is 0 Å². The molecule has 1 fully saturated rings. The first-order valence-corrected chi connectivity index (χ1v) is 8.96. The average molecular weight is 270 g/mol. The minimum Gasteiger partial charge on any atom is -0.271 e. The second kappa shape index (κ2) is 4.99. The van der Waals surface area contributed by atoms with Crippen LogP contribution < -0.4 is 11.3 Å². The molecule has 3 N–H and O–H groups in total. The lowest BCUT2D eigenvalue weighted by Gasteiger charge is -2.20. The van der Waals surface area contributed by atoms with Gasteiger partial charge in [0.15, 0.2) is 9.84 Å². The molecule has 0 saturated carbocycles. The fourth-order valence-electron chi connectivity index (χ4n) is 1.94. The van der Waals surface area contributed by atoms with Crippen molar-refractivity contribution < 1.29 is 16.8 Å². The first-order chi connectivity index (χ1) is 7.23. The molecule has 0 aromatic heterocycles. The average Bonchev–Trinajstić information content (AvgIpc) is 2.45. The van der Waals surface area contributed by atoms with Crippen LogP contribution in [0.5, 0.6) is 0 Å². The van der Waals surface area contributed by atoms with E-state index in [-0.39, 0.29) is 29.2 Å². The van der Waals surface area contributed by atoms with Crippen LogP contribution in [-0.4, -0.2) is 46.4 Å². The van der Waals surface area contributed by atoms with Crippen molar-refractivity contribution in [2.24, 2.45) is 11.8 Å². The van der Waals surface area contributed by atoms with Crippen LogP contribution in [0.1, 0.15) is 12.8 Å². The van der Waals surface area contributed by atoms with Crippen molar-refractivity contribution in [3.05, 3.63) is 0 Å². The van der Waals surface area contributed by atoms with Crippen LogP contribution in [0.25, 0.3) is 0 Å². The van der Waals surface area contributed by atoms with E-state index in [1.807, 2.05) is 0 Å². The molecule has 1 aliphatic heterocycles. The molecule has 0 aliphatic carbocycles. The Morgan fingerprint density at radius 3 is 2.50 bits per heavy atom. The van der Waals surface area contributed by atoms with Gasteiger partial charge in [-0.15, -0.1) is 0 Å². The van der Waals surface area contributed by atoms with Crippen molar-refractivity contribution in [1.82, 2.24) is 5.43 Å². The molecule has 1 aliphatic rings. The zero-order valence-corrected chi connectivity index (χ0v) is 10.9. The van der Waals surface area contributed by atoms with Gasteiger partial charge in [0.2, 0.25) is 0 Å². The van der Waals surface area contributed by atoms with E-state index >= 15 is 0 Å². The Morgan fingerprint density at radius 1 is 1.50 bits per heavy atom. The van der Waals surface area contributed by atoms with Gasteiger partial charge in [0.1, 0.15) is 9.84 Å². The van der Waals surface area contributed by atoms with Gasteiger partial charge in [-0.2, -0.15) is 0 Å². The van der Waals surface area contributed by atoms with Crippen LogP contribution in [-0.2, 0) is 19.7 Å². The van der Waals surface area contributed by atoms with Gasteiger partial charge in [0.25, 0.3) is 0 Å². The maximum atomic E-state index is 11.3. The van der Waals surface area contributed by atoms with Gasteiger partial charge in [-0.25, -0.2) is 16.8 Å². The topological polar surface area (TPSA) is 106 Å². The van der Waals surface area contributed by atoms with Crippen LogP contribution in [0.4, 0.5) is 0 Å². The Bertz CT molecular complexity index is 429. The van der Waals surface area contributed by atoms with Gasteiger partial charge in [-0.05, 0) is 18.8 Å². The summed E-state index contributed by atoms with van der Waals surface area (Å²) in [6, 6.07) is -0.244. The number of nitrogens with one attached hydrogen (secondary N) is 1. The molecule has 0 radical (unpaired) electrons. The maximum Gasteiger partial charge on any atom is 0.150 e. The van der Waals surface area contributed by atoms with Crippen LogP contribution in [0.15, 0.2) is 0 Å². The Morgan fingerprint density at radius 2 is 2.12 bits per heavy atom. The van der Waals surface area contributed by atoms with E-state index in [0.717, 1.165) is 6.26 Å². The molecule has 1 rings (SSSR count). The SMILES string of the molecule is CS(=O)(=O)CCC(NN)C1CCS(=O)(=O)C1. The van der Waals surface area contributed by atoms with Crippen LogP contribution in [0.3, 0.4) is 0 Å². The van der Waals surface area contributed by atoms with E-state index in [0.29, 0.717) is 12.8 Å². The molecular formula is C8H18N2O4S2. The molecule has 2 atom stereocenters. The number of hydrazine groups is 1. The Kier molecular flexibility index (Phi) is 4.33. The molecule has 16 heavy (non-hydrogen) atoms. The molecule has 0 aromatic carbocycles. The number of rotatable bonds is 5. The summed E-state index contributed by atoms with van der Waals surface area (Å²) in [5, 5.41) is 0. The van der Waals surface area contributed by atoms with E-state index < -0.39 is 19.7 Å². The summed E-state index contributed by atoms with van der Waals surface area (Å²) < 4.78 is 44.6. The summed E-state index contributed by atoms with van der Waals surface area (Å²) in [6.45, 7) is 0. The highest BCUT2D eigenvalue weighted by atomic mass is 32.2. The smallest absolute Gasteiger partial charge is 0.150 e. The third-order valence-electron chi connectivity index (χ3n) is 2.85. The monoisotopic (exact) mass is 270 g/mol. The molecule has 8 heteroatoms. The molecule has 0 amide bonds. The predicted molar refractivity (Wildman–Crippen MR) is 62.2 cm³/mol. The zero-order chi connectivity index (χ0) is 12.4. The molecule has 1 saturated heterocycles. The van der Waals surface area contributed by atoms with Crippen molar-refractivity contribution >= 4 is 19.7 Å². The minimum atomic E-state index is -3.03. The second-order valence-electron chi connectivity index (χ2n) is 4.35. The number of hydrogen-bond donors (Lipinski definition) is 2. The third-order valence-corrected chi connectivity index (χ3v) is 5.62. The summed E-state index contributed by atoms with van der Waals surface area (Å²) in [7, 11) is -5.98. The maximum absolute atomic E-state index is 11.3. The van der Waals surface area contributed by atoms with E-state index in [1.54, 1.807) is 0 Å². The summed E-state index contributed by atoms with van der Waals surface area (Å²) in [5.41, 5.74) is 2.53. The highest BCUT2D eigenvalue weighted by Gasteiger charge is 2.33. The summed E-state index contributed by atoms with van der Waals surface area (Å²) >= 11 is 0. The predicted octanol–water partition coefficient (Wildman–Crippen LogP) is -1.31. The first kappa shape index (κ1) is 13.9. The highest BCUT2D eigenvalue weighted by Crippen LogP contribution is 2.23. The minimum absolute atomic E-state index is 0.0262. The molecular weight excluding hydrogens is 252 g/mol. The van der Waals surface area contributed by atoms with Gasteiger partial charge < -0.3 is 0 Å². The first-order valence-electron chi connectivity index (χ1n) is 5.08. The Labute approximate surface area is 96.4 Å². The number of hydrogen-bond acceptors (Lipinski definition) is 6. The van der Waals surface area contributed by atoms with Crippen molar-refractivity contribution in [1.29, 1.82) is 0 Å². The fourth-order valence-corrected chi connectivity index (χ4v) is 4.50. The van der Waals surface area contributed by atoms with Crippen molar-refractivity contribution in [2.75, 3.05) is 23.5 Å². The van der Waals surface area contributed by atoms with E-state index in [2.05, 4.69) is 5.43 Å². The Balaban J connectivity index is 2.56.